The van der Waals surface area contributed by atoms with Gasteiger partial charge in [-0.05, 0) is 42.1 Å². The molecule has 0 unspecified atom stereocenters. The lowest BCUT2D eigenvalue weighted by molar-refractivity contribution is 0.491. The molecule has 1 aromatic heterocycles. The number of H-pyrrole nitrogens is 1. The zero-order chi connectivity index (χ0) is 11.8. The Bertz CT molecular complexity index is 500. The van der Waals surface area contributed by atoms with Crippen LogP contribution in [0.1, 0.15) is 25.8 Å². The number of aromatic nitrogens is 1. The maximum absolute atomic E-state index is 13.2. The lowest BCUT2D eigenvalue weighted by Crippen LogP contribution is -2.21. The number of nitrogens with one attached hydrogen (secondary N) is 1. The van der Waals surface area contributed by atoms with Crippen LogP contribution >= 0.6 is 0 Å². The number of hydrogen-bond donors (Lipinski definition) is 2. The van der Waals surface area contributed by atoms with Crippen molar-refractivity contribution in [2.45, 2.75) is 25.7 Å². The molecule has 0 atom stereocenters. The summed E-state index contributed by atoms with van der Waals surface area (Å²) in [5.74, 6) is -0.197. The molecule has 3 N–H and O–H groups in total. The summed E-state index contributed by atoms with van der Waals surface area (Å²) in [5.41, 5.74) is 7.69. The van der Waals surface area contributed by atoms with Crippen LogP contribution in [-0.2, 0) is 5.41 Å². The molecule has 1 heterocycles. The third-order valence-corrected chi connectivity index (χ3v) is 3.14. The van der Waals surface area contributed by atoms with Gasteiger partial charge in [0.25, 0.3) is 0 Å². The fourth-order valence-electron chi connectivity index (χ4n) is 2.15. The Balaban J connectivity index is 2.56. The topological polar surface area (TPSA) is 41.8 Å². The van der Waals surface area contributed by atoms with Gasteiger partial charge in [0.05, 0.1) is 0 Å². The molecule has 0 radical (unpaired) electrons. The van der Waals surface area contributed by atoms with Crippen LogP contribution in [0.2, 0.25) is 0 Å². The van der Waals surface area contributed by atoms with Crippen LogP contribution in [0.5, 0.6) is 0 Å². The highest BCUT2D eigenvalue weighted by Gasteiger charge is 2.23. The maximum atomic E-state index is 13.2. The zero-order valence-corrected chi connectivity index (χ0v) is 9.68. The second-order valence-electron chi connectivity index (χ2n) is 4.81. The molecule has 0 aliphatic rings. The molecule has 0 saturated carbocycles. The minimum Gasteiger partial charge on any atom is -0.361 e. The van der Waals surface area contributed by atoms with Crippen molar-refractivity contribution in [1.82, 2.24) is 4.98 Å². The van der Waals surface area contributed by atoms with Crippen molar-refractivity contribution < 1.29 is 4.39 Å². The molecule has 1 aromatic carbocycles. The van der Waals surface area contributed by atoms with Gasteiger partial charge in [0, 0.05) is 17.1 Å². The Hall–Kier alpha value is -1.35. The van der Waals surface area contributed by atoms with Crippen molar-refractivity contribution in [1.29, 1.82) is 0 Å². The highest BCUT2D eigenvalue weighted by molar-refractivity contribution is 5.84. The normalized spacial score (nSPS) is 12.2. The molecule has 0 aliphatic heterocycles. The first kappa shape index (κ1) is 11.1. The Kier molecular flexibility index (Phi) is 2.72. The number of rotatable bonds is 3. The summed E-state index contributed by atoms with van der Waals surface area (Å²) in [6.07, 6.45) is 2.84. The first-order valence-corrected chi connectivity index (χ1v) is 5.52. The van der Waals surface area contributed by atoms with Gasteiger partial charge in [-0.3, -0.25) is 0 Å². The fraction of sp³-hybridized carbons (Fsp3) is 0.385. The Labute approximate surface area is 94.7 Å². The Morgan fingerprint density at radius 1 is 1.38 bits per heavy atom. The molecular formula is C13H17FN2. The van der Waals surface area contributed by atoms with Crippen molar-refractivity contribution in [2.24, 2.45) is 5.73 Å². The largest absolute Gasteiger partial charge is 0.361 e. The number of nitrogens with two attached hydrogens (primary N) is 1. The standard InChI is InChI=1S/C13H17FN2/c1-13(2,5-6-15)11-8-16-12-4-3-9(14)7-10(11)12/h3-4,7-8,16H,5-6,15H2,1-2H3. The maximum Gasteiger partial charge on any atom is 0.123 e. The van der Waals surface area contributed by atoms with Crippen molar-refractivity contribution in [3.63, 3.8) is 0 Å². The molecular weight excluding hydrogens is 203 g/mol. The average molecular weight is 220 g/mol. The van der Waals surface area contributed by atoms with Crippen LogP contribution in [0.3, 0.4) is 0 Å². The summed E-state index contributed by atoms with van der Waals surface area (Å²) in [4.78, 5) is 3.17. The average Bonchev–Trinajstić information content (AvgIpc) is 2.60. The summed E-state index contributed by atoms with van der Waals surface area (Å²) in [6.45, 7) is 4.90. The summed E-state index contributed by atoms with van der Waals surface area (Å²) < 4.78 is 13.2. The van der Waals surface area contributed by atoms with Crippen molar-refractivity contribution >= 4 is 10.9 Å². The van der Waals surface area contributed by atoms with E-state index in [0.717, 1.165) is 22.9 Å². The number of benzene rings is 1. The second kappa shape index (κ2) is 3.91. The predicted molar refractivity (Wildman–Crippen MR) is 65.0 cm³/mol. The quantitative estimate of drug-likeness (QED) is 0.820. The van der Waals surface area contributed by atoms with Crippen LogP contribution in [0, 0.1) is 5.82 Å². The third kappa shape index (κ3) is 1.83. The van der Waals surface area contributed by atoms with Gasteiger partial charge in [-0.1, -0.05) is 13.8 Å². The highest BCUT2D eigenvalue weighted by Crippen LogP contribution is 2.32. The van der Waals surface area contributed by atoms with E-state index in [1.54, 1.807) is 12.1 Å². The van der Waals surface area contributed by atoms with Gasteiger partial charge in [-0.15, -0.1) is 0 Å². The van der Waals surface area contributed by atoms with Gasteiger partial charge in [0.2, 0.25) is 0 Å². The van der Waals surface area contributed by atoms with Gasteiger partial charge in [-0.2, -0.15) is 0 Å². The van der Waals surface area contributed by atoms with Crippen LogP contribution in [0.4, 0.5) is 4.39 Å². The van der Waals surface area contributed by atoms with E-state index in [1.165, 1.54) is 6.07 Å². The van der Waals surface area contributed by atoms with Gasteiger partial charge in [0.1, 0.15) is 5.82 Å². The smallest absolute Gasteiger partial charge is 0.123 e. The lowest BCUT2D eigenvalue weighted by atomic mass is 9.81. The molecule has 0 saturated heterocycles. The van der Waals surface area contributed by atoms with Crippen molar-refractivity contribution in [2.75, 3.05) is 6.54 Å². The lowest BCUT2D eigenvalue weighted by Gasteiger charge is -2.23. The number of fused-ring (bicyclic) bond motifs is 1. The van der Waals surface area contributed by atoms with E-state index in [1.807, 2.05) is 6.20 Å². The second-order valence-corrected chi connectivity index (χ2v) is 4.81. The van der Waals surface area contributed by atoms with Gasteiger partial charge in [-0.25, -0.2) is 4.39 Å². The number of halogens is 1. The van der Waals surface area contributed by atoms with Crippen molar-refractivity contribution in [3.05, 3.63) is 35.8 Å². The molecule has 16 heavy (non-hydrogen) atoms. The Morgan fingerprint density at radius 2 is 2.12 bits per heavy atom. The Morgan fingerprint density at radius 3 is 2.81 bits per heavy atom. The summed E-state index contributed by atoms with van der Waals surface area (Å²) in [6, 6.07) is 4.82. The first-order valence-electron chi connectivity index (χ1n) is 5.52. The minimum absolute atomic E-state index is 0.0270. The van der Waals surface area contributed by atoms with E-state index < -0.39 is 0 Å². The molecule has 3 heteroatoms. The fourth-order valence-corrected chi connectivity index (χ4v) is 2.15. The van der Waals surface area contributed by atoms with Gasteiger partial charge >= 0.3 is 0 Å². The molecule has 2 nitrogen and oxygen atoms in total. The van der Waals surface area contributed by atoms with Crippen LogP contribution in [-0.4, -0.2) is 11.5 Å². The van der Waals surface area contributed by atoms with E-state index in [0.29, 0.717) is 6.54 Å². The summed E-state index contributed by atoms with van der Waals surface area (Å²) in [7, 11) is 0. The number of hydrogen-bond acceptors (Lipinski definition) is 1. The van der Waals surface area contributed by atoms with E-state index in [9.17, 15) is 4.39 Å². The monoisotopic (exact) mass is 220 g/mol. The molecule has 0 spiro atoms. The van der Waals surface area contributed by atoms with E-state index in [2.05, 4.69) is 18.8 Å². The van der Waals surface area contributed by atoms with Gasteiger partial charge < -0.3 is 10.7 Å². The molecule has 0 bridgehead atoms. The molecule has 86 valence electrons. The van der Waals surface area contributed by atoms with Crippen LogP contribution in [0.25, 0.3) is 10.9 Å². The minimum atomic E-state index is -0.197. The molecule has 2 aromatic rings. The van der Waals surface area contributed by atoms with E-state index in [-0.39, 0.29) is 11.2 Å². The summed E-state index contributed by atoms with van der Waals surface area (Å²) >= 11 is 0. The summed E-state index contributed by atoms with van der Waals surface area (Å²) in [5, 5.41) is 0.957. The molecule has 0 fully saturated rings. The van der Waals surface area contributed by atoms with E-state index >= 15 is 0 Å². The predicted octanol–water partition coefficient (Wildman–Crippen LogP) is 2.93. The zero-order valence-electron chi connectivity index (χ0n) is 9.68. The third-order valence-electron chi connectivity index (χ3n) is 3.14. The molecule has 0 aliphatic carbocycles. The van der Waals surface area contributed by atoms with Crippen LogP contribution < -0.4 is 5.73 Å². The van der Waals surface area contributed by atoms with Crippen LogP contribution in [0.15, 0.2) is 24.4 Å². The highest BCUT2D eigenvalue weighted by atomic mass is 19.1. The number of aromatic amines is 1. The van der Waals surface area contributed by atoms with Gasteiger partial charge in [0.15, 0.2) is 0 Å². The van der Waals surface area contributed by atoms with E-state index in [4.69, 9.17) is 5.73 Å². The SMILES string of the molecule is CC(C)(CCN)c1c[nH]c2ccc(F)cc12. The first-order chi connectivity index (χ1) is 7.54. The molecule has 0 amide bonds. The van der Waals surface area contributed by atoms with Crippen molar-refractivity contribution in [3.8, 4) is 0 Å². The molecule has 2 rings (SSSR count).